The van der Waals surface area contributed by atoms with Crippen LogP contribution in [0.5, 0.6) is 5.75 Å². The predicted octanol–water partition coefficient (Wildman–Crippen LogP) is 4.84. The van der Waals surface area contributed by atoms with Gasteiger partial charge < -0.3 is 9.84 Å². The highest BCUT2D eigenvalue weighted by atomic mass is 19.1. The summed E-state index contributed by atoms with van der Waals surface area (Å²) in [6.45, 7) is 1.95. The molecule has 0 amide bonds. The van der Waals surface area contributed by atoms with Gasteiger partial charge in [-0.25, -0.2) is 4.39 Å². The molecule has 5 atom stereocenters. The van der Waals surface area contributed by atoms with E-state index < -0.39 is 6.10 Å². The van der Waals surface area contributed by atoms with Crippen LogP contribution in [0.1, 0.15) is 30.1 Å². The molecule has 4 nitrogen and oxygen atoms in total. The first-order valence-corrected chi connectivity index (χ1v) is 10.9. The number of rotatable bonds is 5. The van der Waals surface area contributed by atoms with Gasteiger partial charge in [0.15, 0.2) is 0 Å². The largest absolute Gasteiger partial charge is 0.497 e. The third-order valence-electron chi connectivity index (χ3n) is 6.92. The molecule has 0 spiro atoms. The van der Waals surface area contributed by atoms with Crippen molar-refractivity contribution in [1.82, 2.24) is 9.88 Å². The van der Waals surface area contributed by atoms with Crippen molar-refractivity contribution in [3.63, 3.8) is 0 Å². The van der Waals surface area contributed by atoms with Crippen molar-refractivity contribution in [2.45, 2.75) is 25.0 Å². The van der Waals surface area contributed by atoms with Gasteiger partial charge in [-0.2, -0.15) is 0 Å². The van der Waals surface area contributed by atoms with Gasteiger partial charge in [0.2, 0.25) is 0 Å². The van der Waals surface area contributed by atoms with Crippen LogP contribution in [-0.2, 0) is 0 Å². The Balaban J connectivity index is 1.35. The molecule has 0 aliphatic carbocycles. The first kappa shape index (κ1) is 20.2. The van der Waals surface area contributed by atoms with Crippen LogP contribution in [0.2, 0.25) is 0 Å². The Morgan fingerprint density at radius 3 is 2.77 bits per heavy atom. The summed E-state index contributed by atoms with van der Waals surface area (Å²) >= 11 is 0. The van der Waals surface area contributed by atoms with E-state index in [2.05, 4.69) is 22.0 Å². The molecule has 3 aromatic rings. The Bertz CT molecular complexity index is 1100. The van der Waals surface area contributed by atoms with Gasteiger partial charge in [-0.15, -0.1) is 0 Å². The highest BCUT2D eigenvalue weighted by Crippen LogP contribution is 2.42. The molecule has 3 saturated heterocycles. The minimum atomic E-state index is -0.567. The van der Waals surface area contributed by atoms with Gasteiger partial charge in [0, 0.05) is 24.2 Å². The van der Waals surface area contributed by atoms with Crippen LogP contribution >= 0.6 is 0 Å². The first-order chi connectivity index (χ1) is 15.1. The van der Waals surface area contributed by atoms with Crippen LogP contribution in [0, 0.1) is 17.7 Å². The number of hydrogen-bond donors (Lipinski definition) is 1. The molecule has 3 fully saturated rings. The number of aliphatic hydroxyl groups is 1. The molecule has 31 heavy (non-hydrogen) atoms. The van der Waals surface area contributed by atoms with Gasteiger partial charge in [-0.3, -0.25) is 9.88 Å². The maximum atomic E-state index is 13.1. The standard InChI is InChI=1S/C26H27FN2O2/c1-31-21-8-9-24-23(15-21)22(10-12-28-24)26(30)25-14-18-11-13-29(25)16-19(18)5-2-17-3-6-20(27)7-4-17/h2-10,12,15,18-19,25-26,30H,11,13-14,16H2,1H3/b5-2+/t18?,19?,25?,26-/m1/s1. The predicted molar refractivity (Wildman–Crippen MR) is 120 cm³/mol. The lowest BCUT2D eigenvalue weighted by molar-refractivity contribution is -0.0444. The fourth-order valence-corrected chi connectivity index (χ4v) is 5.20. The normalized spacial score (nSPS) is 26.4. The molecule has 4 heterocycles. The summed E-state index contributed by atoms with van der Waals surface area (Å²) in [6, 6.07) is 14.4. The molecule has 1 aromatic heterocycles. The molecule has 6 rings (SSSR count). The van der Waals surface area contributed by atoms with Gasteiger partial charge in [0.25, 0.3) is 0 Å². The van der Waals surface area contributed by atoms with Crippen molar-refractivity contribution < 1.29 is 14.2 Å². The van der Waals surface area contributed by atoms with E-state index in [-0.39, 0.29) is 11.9 Å². The number of methoxy groups -OCH3 is 1. The second-order valence-electron chi connectivity index (χ2n) is 8.65. The Morgan fingerprint density at radius 2 is 2.03 bits per heavy atom. The number of pyridine rings is 1. The number of nitrogens with zero attached hydrogens (tertiary/aromatic N) is 2. The lowest BCUT2D eigenvalue weighted by atomic mass is 9.73. The van der Waals surface area contributed by atoms with E-state index in [0.29, 0.717) is 11.8 Å². The van der Waals surface area contributed by atoms with E-state index in [0.717, 1.165) is 53.7 Å². The molecule has 2 bridgehead atoms. The average molecular weight is 419 g/mol. The maximum absolute atomic E-state index is 13.1. The number of benzene rings is 2. The van der Waals surface area contributed by atoms with Crippen molar-refractivity contribution >= 4 is 17.0 Å². The monoisotopic (exact) mass is 418 g/mol. The molecule has 0 radical (unpaired) electrons. The molecular formula is C26H27FN2O2. The molecule has 0 saturated carbocycles. The molecule has 160 valence electrons. The number of hydrogen-bond acceptors (Lipinski definition) is 4. The Hall–Kier alpha value is -2.76. The van der Waals surface area contributed by atoms with Crippen molar-refractivity contribution in [3.05, 3.63) is 77.7 Å². The highest BCUT2D eigenvalue weighted by molar-refractivity contribution is 5.84. The van der Waals surface area contributed by atoms with Crippen molar-refractivity contribution in [1.29, 1.82) is 0 Å². The van der Waals surface area contributed by atoms with Crippen molar-refractivity contribution in [3.8, 4) is 5.75 Å². The van der Waals surface area contributed by atoms with Crippen LogP contribution in [-0.4, -0.2) is 41.2 Å². The summed E-state index contributed by atoms with van der Waals surface area (Å²) in [7, 11) is 1.65. The number of halogens is 1. The summed E-state index contributed by atoms with van der Waals surface area (Å²) in [5.41, 5.74) is 2.81. The summed E-state index contributed by atoms with van der Waals surface area (Å²) in [5, 5.41) is 12.3. The molecule has 3 aliphatic rings. The summed E-state index contributed by atoms with van der Waals surface area (Å²) in [6.07, 6.45) is 7.68. The third-order valence-corrected chi connectivity index (χ3v) is 6.92. The molecular weight excluding hydrogens is 391 g/mol. The SMILES string of the molecule is COc1ccc2nccc([C@@H](O)C3CC4CCN3CC4/C=C/c3ccc(F)cc3)c2c1. The minimum Gasteiger partial charge on any atom is -0.497 e. The lowest BCUT2D eigenvalue weighted by Gasteiger charge is -2.50. The molecule has 1 N–H and O–H groups in total. The fraction of sp³-hybridized carbons (Fsp3) is 0.346. The zero-order valence-corrected chi connectivity index (χ0v) is 17.6. The Kier molecular flexibility index (Phi) is 5.47. The summed E-state index contributed by atoms with van der Waals surface area (Å²) in [4.78, 5) is 6.88. The zero-order valence-electron chi connectivity index (χ0n) is 17.6. The smallest absolute Gasteiger partial charge is 0.123 e. The summed E-state index contributed by atoms with van der Waals surface area (Å²) < 4.78 is 18.5. The van der Waals surface area contributed by atoms with E-state index in [1.165, 1.54) is 12.1 Å². The quantitative estimate of drug-likeness (QED) is 0.644. The Labute approximate surface area is 182 Å². The second-order valence-corrected chi connectivity index (χ2v) is 8.65. The van der Waals surface area contributed by atoms with Crippen LogP contribution in [0.3, 0.4) is 0 Å². The van der Waals surface area contributed by atoms with E-state index in [9.17, 15) is 9.50 Å². The van der Waals surface area contributed by atoms with Crippen LogP contribution in [0.15, 0.2) is 60.8 Å². The van der Waals surface area contributed by atoms with E-state index in [1.807, 2.05) is 36.4 Å². The number of aromatic nitrogens is 1. The van der Waals surface area contributed by atoms with Crippen molar-refractivity contribution in [2.24, 2.45) is 11.8 Å². The highest BCUT2D eigenvalue weighted by Gasteiger charge is 2.42. The van der Waals surface area contributed by atoms with Gasteiger partial charge in [-0.1, -0.05) is 24.3 Å². The van der Waals surface area contributed by atoms with Crippen LogP contribution in [0.25, 0.3) is 17.0 Å². The fourth-order valence-electron chi connectivity index (χ4n) is 5.20. The lowest BCUT2D eigenvalue weighted by Crippen LogP contribution is -2.54. The zero-order chi connectivity index (χ0) is 21.4. The minimum absolute atomic E-state index is 0.103. The van der Waals surface area contributed by atoms with Gasteiger partial charge in [-0.05, 0) is 78.7 Å². The number of aliphatic hydroxyl groups excluding tert-OH is 1. The van der Waals surface area contributed by atoms with Crippen molar-refractivity contribution in [2.75, 3.05) is 20.2 Å². The van der Waals surface area contributed by atoms with E-state index in [4.69, 9.17) is 4.74 Å². The summed E-state index contributed by atoms with van der Waals surface area (Å²) in [5.74, 6) is 1.56. The van der Waals surface area contributed by atoms with Crippen LogP contribution in [0.4, 0.5) is 4.39 Å². The molecule has 2 aromatic carbocycles. The number of piperidine rings is 3. The average Bonchev–Trinajstić information content (AvgIpc) is 2.83. The van der Waals surface area contributed by atoms with Gasteiger partial charge in [0.1, 0.15) is 11.6 Å². The molecule has 3 aliphatic heterocycles. The second kappa shape index (κ2) is 8.40. The van der Waals surface area contributed by atoms with E-state index in [1.54, 1.807) is 13.3 Å². The first-order valence-electron chi connectivity index (χ1n) is 10.9. The number of fused-ring (bicyclic) bond motifs is 4. The topological polar surface area (TPSA) is 45.6 Å². The van der Waals surface area contributed by atoms with Gasteiger partial charge in [0.05, 0.1) is 18.7 Å². The van der Waals surface area contributed by atoms with Gasteiger partial charge >= 0.3 is 0 Å². The third kappa shape index (κ3) is 3.95. The maximum Gasteiger partial charge on any atom is 0.123 e. The van der Waals surface area contributed by atoms with Crippen LogP contribution < -0.4 is 4.74 Å². The van der Waals surface area contributed by atoms with E-state index >= 15 is 0 Å². The Morgan fingerprint density at radius 1 is 1.19 bits per heavy atom. The molecule has 5 heteroatoms. The molecule has 4 unspecified atom stereocenters. The number of ether oxygens (including phenoxy) is 1.